The summed E-state index contributed by atoms with van der Waals surface area (Å²) in [7, 11) is 0. The molecule has 21 heavy (non-hydrogen) atoms. The van der Waals surface area contributed by atoms with Crippen LogP contribution in [-0.2, 0) is 4.79 Å². The van der Waals surface area contributed by atoms with Gasteiger partial charge in [0.15, 0.2) is 5.82 Å². The minimum atomic E-state index is -0.900. The summed E-state index contributed by atoms with van der Waals surface area (Å²) in [5, 5.41) is 8.65. The van der Waals surface area contributed by atoms with Crippen molar-refractivity contribution >= 4 is 5.97 Å². The number of carboxylic acid groups (broad SMARTS) is 1. The molecule has 1 N–H and O–H groups in total. The van der Waals surface area contributed by atoms with Gasteiger partial charge in [0.2, 0.25) is 5.88 Å². The molecule has 0 bridgehead atoms. The van der Waals surface area contributed by atoms with E-state index in [1.165, 1.54) is 0 Å². The van der Waals surface area contributed by atoms with Gasteiger partial charge in [-0.2, -0.15) is 4.98 Å². The maximum absolute atomic E-state index is 10.5. The molecule has 0 aliphatic heterocycles. The Morgan fingerprint density at radius 3 is 2.62 bits per heavy atom. The maximum Gasteiger partial charge on any atom is 0.306 e. The van der Waals surface area contributed by atoms with Gasteiger partial charge in [-0.15, -0.1) is 0 Å². The molecule has 0 atom stereocenters. The zero-order chi connectivity index (χ0) is 15.2. The molecule has 0 aromatic carbocycles. The van der Waals surface area contributed by atoms with Gasteiger partial charge in [0.1, 0.15) is 6.61 Å². The van der Waals surface area contributed by atoms with Crippen molar-refractivity contribution in [1.29, 1.82) is 0 Å². The van der Waals surface area contributed by atoms with Gasteiger partial charge in [-0.1, -0.05) is 13.8 Å². The van der Waals surface area contributed by atoms with Gasteiger partial charge in [-0.25, -0.2) is 4.98 Å². The van der Waals surface area contributed by atoms with Crippen molar-refractivity contribution in [3.63, 3.8) is 0 Å². The highest BCUT2D eigenvalue weighted by molar-refractivity contribution is 5.66. The third-order valence-corrected chi connectivity index (χ3v) is 2.82. The molecule has 0 amide bonds. The van der Waals surface area contributed by atoms with Crippen LogP contribution in [0, 0.1) is 0 Å². The monoisotopic (exact) mass is 287 g/mol. The molecule has 6 nitrogen and oxygen atoms in total. The molecule has 2 heterocycles. The minimum absolute atomic E-state index is 0.0639. The molecular formula is C15H17N3O3. The van der Waals surface area contributed by atoms with Crippen LogP contribution in [0.25, 0.3) is 11.4 Å². The first-order valence-corrected chi connectivity index (χ1v) is 6.70. The second-order valence-corrected chi connectivity index (χ2v) is 4.84. The van der Waals surface area contributed by atoms with Gasteiger partial charge in [0, 0.05) is 24.0 Å². The standard InChI is InChI=1S/C15H17N3O3/c1-10(2)12-9-13(21-8-5-14(19)20)18-15(17-12)11-3-6-16-7-4-11/h3-4,6-7,9-10H,5,8H2,1-2H3,(H,19,20). The number of aliphatic carboxylic acids is 1. The van der Waals surface area contributed by atoms with Gasteiger partial charge >= 0.3 is 5.97 Å². The van der Waals surface area contributed by atoms with E-state index < -0.39 is 5.97 Å². The van der Waals surface area contributed by atoms with E-state index in [0.29, 0.717) is 11.7 Å². The van der Waals surface area contributed by atoms with Gasteiger partial charge in [-0.3, -0.25) is 9.78 Å². The Balaban J connectivity index is 2.28. The molecule has 0 fully saturated rings. The molecular weight excluding hydrogens is 270 g/mol. The summed E-state index contributed by atoms with van der Waals surface area (Å²) in [6.45, 7) is 4.14. The van der Waals surface area contributed by atoms with Crippen LogP contribution in [0.4, 0.5) is 0 Å². The first kappa shape index (κ1) is 14.9. The number of ether oxygens (including phenoxy) is 1. The summed E-state index contributed by atoms with van der Waals surface area (Å²) in [5.41, 5.74) is 1.69. The molecule has 2 aromatic rings. The fraction of sp³-hybridized carbons (Fsp3) is 0.333. The van der Waals surface area contributed by atoms with Crippen molar-refractivity contribution in [2.45, 2.75) is 26.2 Å². The highest BCUT2D eigenvalue weighted by atomic mass is 16.5. The SMILES string of the molecule is CC(C)c1cc(OCCC(=O)O)nc(-c2ccncc2)n1. The lowest BCUT2D eigenvalue weighted by Crippen LogP contribution is -2.07. The van der Waals surface area contributed by atoms with Crippen molar-refractivity contribution in [2.24, 2.45) is 0 Å². The summed E-state index contributed by atoms with van der Waals surface area (Å²) in [6.07, 6.45) is 3.28. The lowest BCUT2D eigenvalue weighted by Gasteiger charge is -2.11. The van der Waals surface area contributed by atoms with Crippen LogP contribution in [-0.4, -0.2) is 32.6 Å². The predicted octanol–water partition coefficient (Wildman–Crippen LogP) is 2.52. The smallest absolute Gasteiger partial charge is 0.306 e. The predicted molar refractivity (Wildman–Crippen MR) is 77.1 cm³/mol. The first-order valence-electron chi connectivity index (χ1n) is 6.70. The quantitative estimate of drug-likeness (QED) is 0.878. The molecule has 6 heteroatoms. The fourth-order valence-corrected chi connectivity index (χ4v) is 1.69. The maximum atomic E-state index is 10.5. The number of pyridine rings is 1. The fourth-order valence-electron chi connectivity index (χ4n) is 1.69. The number of nitrogens with zero attached hydrogens (tertiary/aromatic N) is 3. The van der Waals surface area contributed by atoms with E-state index in [1.807, 2.05) is 26.0 Å². The molecule has 2 rings (SSSR count). The summed E-state index contributed by atoms with van der Waals surface area (Å²) >= 11 is 0. The lowest BCUT2D eigenvalue weighted by molar-refractivity contribution is -0.137. The average Bonchev–Trinajstić information content (AvgIpc) is 2.47. The van der Waals surface area contributed by atoms with Crippen molar-refractivity contribution in [3.05, 3.63) is 36.3 Å². The number of hydrogen-bond acceptors (Lipinski definition) is 5. The molecule has 0 aliphatic carbocycles. The van der Waals surface area contributed by atoms with Crippen molar-refractivity contribution in [1.82, 2.24) is 15.0 Å². The molecule has 0 aliphatic rings. The minimum Gasteiger partial charge on any atom is -0.481 e. The number of carbonyl (C=O) groups is 1. The van der Waals surface area contributed by atoms with Crippen LogP contribution in [0.1, 0.15) is 31.9 Å². The Hall–Kier alpha value is -2.50. The molecule has 110 valence electrons. The molecule has 0 unspecified atom stereocenters. The Labute approximate surface area is 122 Å². The number of aromatic nitrogens is 3. The van der Waals surface area contributed by atoms with Crippen LogP contribution in [0.15, 0.2) is 30.6 Å². The number of carboxylic acids is 1. The Kier molecular flexibility index (Phi) is 4.81. The summed E-state index contributed by atoms with van der Waals surface area (Å²) in [6, 6.07) is 5.39. The van der Waals surface area contributed by atoms with Gasteiger partial charge in [0.05, 0.1) is 12.1 Å². The third kappa shape index (κ3) is 4.24. The Morgan fingerprint density at radius 1 is 1.29 bits per heavy atom. The molecule has 0 saturated carbocycles. The summed E-state index contributed by atoms with van der Waals surface area (Å²) < 4.78 is 5.42. The number of rotatable bonds is 6. The van der Waals surface area contributed by atoms with Crippen LogP contribution in [0.2, 0.25) is 0 Å². The zero-order valence-electron chi connectivity index (χ0n) is 12.0. The highest BCUT2D eigenvalue weighted by Crippen LogP contribution is 2.22. The topological polar surface area (TPSA) is 85.2 Å². The normalized spacial score (nSPS) is 10.6. The van der Waals surface area contributed by atoms with Crippen molar-refractivity contribution < 1.29 is 14.6 Å². The summed E-state index contributed by atoms with van der Waals surface area (Å²) in [4.78, 5) is 23.3. The van der Waals surface area contributed by atoms with E-state index >= 15 is 0 Å². The second-order valence-electron chi connectivity index (χ2n) is 4.84. The average molecular weight is 287 g/mol. The van der Waals surface area contributed by atoms with Crippen molar-refractivity contribution in [3.8, 4) is 17.3 Å². The molecule has 0 radical (unpaired) electrons. The highest BCUT2D eigenvalue weighted by Gasteiger charge is 2.10. The number of hydrogen-bond donors (Lipinski definition) is 1. The van der Waals surface area contributed by atoms with E-state index in [4.69, 9.17) is 9.84 Å². The van der Waals surface area contributed by atoms with E-state index in [2.05, 4.69) is 15.0 Å². The van der Waals surface area contributed by atoms with Gasteiger partial charge in [-0.05, 0) is 18.1 Å². The van der Waals surface area contributed by atoms with Gasteiger partial charge in [0.25, 0.3) is 0 Å². The van der Waals surface area contributed by atoms with E-state index in [9.17, 15) is 4.79 Å². The Bertz CT molecular complexity index is 615. The first-order chi connectivity index (χ1) is 10.1. The molecule has 0 spiro atoms. The van der Waals surface area contributed by atoms with Crippen molar-refractivity contribution in [2.75, 3.05) is 6.61 Å². The zero-order valence-corrected chi connectivity index (χ0v) is 12.0. The van der Waals surface area contributed by atoms with Crippen LogP contribution in [0.3, 0.4) is 0 Å². The Morgan fingerprint density at radius 2 is 2.00 bits per heavy atom. The third-order valence-electron chi connectivity index (χ3n) is 2.82. The molecule has 2 aromatic heterocycles. The van der Waals surface area contributed by atoms with Crippen LogP contribution >= 0.6 is 0 Å². The largest absolute Gasteiger partial charge is 0.481 e. The van der Waals surface area contributed by atoms with Gasteiger partial charge < -0.3 is 9.84 Å². The second kappa shape index (κ2) is 6.78. The lowest BCUT2D eigenvalue weighted by atomic mass is 10.1. The van der Waals surface area contributed by atoms with Crippen LogP contribution in [0.5, 0.6) is 5.88 Å². The van der Waals surface area contributed by atoms with E-state index in [0.717, 1.165) is 11.3 Å². The van der Waals surface area contributed by atoms with E-state index in [1.54, 1.807) is 18.5 Å². The molecule has 0 saturated heterocycles. The van der Waals surface area contributed by atoms with Crippen LogP contribution < -0.4 is 4.74 Å². The summed E-state index contributed by atoms with van der Waals surface area (Å²) in [5.74, 6) is 0.258. The van der Waals surface area contributed by atoms with E-state index in [-0.39, 0.29) is 18.9 Å².